The van der Waals surface area contributed by atoms with Crippen LogP contribution >= 0.6 is 0 Å². The largest absolute Gasteiger partial charge is 0.134 e. The van der Waals surface area contributed by atoms with E-state index in [0.717, 1.165) is 11.8 Å². The highest BCUT2D eigenvalue weighted by Crippen LogP contribution is 2.41. The Bertz CT molecular complexity index is 417. The summed E-state index contributed by atoms with van der Waals surface area (Å²) in [5, 5.41) is 3.08. The van der Waals surface area contributed by atoms with Crippen LogP contribution in [0.1, 0.15) is 32.1 Å². The van der Waals surface area contributed by atoms with Crippen molar-refractivity contribution in [1.82, 2.24) is 0 Å². The first-order valence-electron chi connectivity index (χ1n) is 8.38. The van der Waals surface area contributed by atoms with Gasteiger partial charge in [-0.2, -0.15) is 0 Å². The van der Waals surface area contributed by atoms with Gasteiger partial charge in [0.25, 0.3) is 0 Å². The van der Waals surface area contributed by atoms with Crippen molar-refractivity contribution >= 4 is 16.1 Å². The highest BCUT2D eigenvalue weighted by Gasteiger charge is 2.33. The Morgan fingerprint density at radius 1 is 0.810 bits per heavy atom. The quantitative estimate of drug-likeness (QED) is 0.395. The highest BCUT2D eigenvalue weighted by molar-refractivity contribution is 6.83. The normalized spacial score (nSPS) is 22.6. The first-order valence-corrected chi connectivity index (χ1v) is 15.4. The average molecular weight is 319 g/mol. The van der Waals surface area contributed by atoms with Gasteiger partial charge in [0, 0.05) is 0 Å². The number of rotatable bonds is 6. The molecule has 21 heavy (non-hydrogen) atoms. The predicted molar refractivity (Wildman–Crippen MR) is 102 cm³/mol. The standard InChI is InChI=1S/C19H34Si2/c1-9-18(20(3,4)5)14-16-12-11-13-17(16)15-19(10-2)21(6,7)8/h16-17H,1-2,11-15H2,3-8H3/t16-,17-/m0/s1. The third kappa shape index (κ3) is 5.31. The van der Waals surface area contributed by atoms with Gasteiger partial charge >= 0.3 is 0 Å². The molecule has 2 atom stereocenters. The molecule has 0 aliphatic heterocycles. The van der Waals surface area contributed by atoms with E-state index in [1.807, 2.05) is 0 Å². The third-order valence-corrected chi connectivity index (χ3v) is 9.37. The maximum absolute atomic E-state index is 3.96. The Balaban J connectivity index is 2.82. The van der Waals surface area contributed by atoms with E-state index in [0.29, 0.717) is 0 Å². The average Bonchev–Trinajstić information content (AvgIpc) is 2.77. The van der Waals surface area contributed by atoms with Gasteiger partial charge in [-0.15, -0.1) is 11.5 Å². The van der Waals surface area contributed by atoms with Gasteiger partial charge < -0.3 is 0 Å². The van der Waals surface area contributed by atoms with Crippen molar-refractivity contribution in [1.29, 1.82) is 0 Å². The minimum Gasteiger partial charge on any atom is -0.134 e. The zero-order valence-electron chi connectivity index (χ0n) is 15.1. The monoisotopic (exact) mass is 318 g/mol. The lowest BCUT2D eigenvalue weighted by Gasteiger charge is -2.28. The highest BCUT2D eigenvalue weighted by atomic mass is 28.3. The minimum absolute atomic E-state index is 0.834. The van der Waals surface area contributed by atoms with Gasteiger partial charge in [0.15, 0.2) is 0 Å². The fourth-order valence-electron chi connectivity index (χ4n) is 3.46. The maximum atomic E-state index is 3.96. The van der Waals surface area contributed by atoms with Crippen LogP contribution in [0.4, 0.5) is 0 Å². The summed E-state index contributed by atoms with van der Waals surface area (Å²) in [5.74, 6) is 1.67. The lowest BCUT2D eigenvalue weighted by molar-refractivity contribution is 0.389. The van der Waals surface area contributed by atoms with Crippen molar-refractivity contribution in [3.8, 4) is 0 Å². The van der Waals surface area contributed by atoms with E-state index in [1.165, 1.54) is 42.5 Å². The van der Waals surface area contributed by atoms with Gasteiger partial charge in [-0.1, -0.05) is 58.9 Å². The molecule has 0 aromatic carbocycles. The van der Waals surface area contributed by atoms with Gasteiger partial charge in [0.2, 0.25) is 0 Å². The van der Waals surface area contributed by atoms with Crippen molar-refractivity contribution in [2.24, 2.45) is 11.8 Å². The van der Waals surface area contributed by atoms with Gasteiger partial charge in [-0.05, 0) is 47.9 Å². The Labute approximate surface area is 134 Å². The van der Waals surface area contributed by atoms with Crippen LogP contribution in [-0.2, 0) is 0 Å². The van der Waals surface area contributed by atoms with Gasteiger partial charge in [0.05, 0.1) is 16.1 Å². The van der Waals surface area contributed by atoms with Crippen molar-refractivity contribution in [2.75, 3.05) is 0 Å². The van der Waals surface area contributed by atoms with E-state index in [-0.39, 0.29) is 0 Å². The van der Waals surface area contributed by atoms with Gasteiger partial charge in [-0.25, -0.2) is 0 Å². The van der Waals surface area contributed by atoms with Crippen LogP contribution in [0, 0.1) is 11.8 Å². The zero-order chi connectivity index (χ0) is 16.3. The van der Waals surface area contributed by atoms with Crippen LogP contribution in [0.15, 0.2) is 35.0 Å². The van der Waals surface area contributed by atoms with Gasteiger partial charge in [0.1, 0.15) is 0 Å². The summed E-state index contributed by atoms with van der Waals surface area (Å²) in [5.41, 5.74) is 6.58. The molecule has 0 heterocycles. The van der Waals surface area contributed by atoms with E-state index < -0.39 is 16.1 Å². The van der Waals surface area contributed by atoms with E-state index in [4.69, 9.17) is 0 Å². The third-order valence-electron chi connectivity index (χ3n) is 4.99. The molecule has 0 aromatic heterocycles. The molecule has 1 aliphatic rings. The molecule has 0 nitrogen and oxygen atoms in total. The molecule has 0 radical (unpaired) electrons. The number of allylic oxidation sites excluding steroid dienone is 2. The summed E-state index contributed by atoms with van der Waals surface area (Å²) in [6.45, 7) is 22.4. The Morgan fingerprint density at radius 3 is 1.38 bits per heavy atom. The molecule has 0 bridgehead atoms. The Morgan fingerprint density at radius 2 is 1.14 bits per heavy atom. The predicted octanol–water partition coefficient (Wildman–Crippen LogP) is 6.36. The van der Waals surface area contributed by atoms with E-state index >= 15 is 0 Å². The Kier molecular flexibility index (Phi) is 6.31. The molecule has 0 spiro atoms. The van der Waals surface area contributed by atoms with E-state index in [9.17, 15) is 0 Å². The van der Waals surface area contributed by atoms with Crippen LogP contribution in [0.25, 0.3) is 0 Å². The number of hydrogen-bond donors (Lipinski definition) is 0. The molecule has 0 N–H and O–H groups in total. The summed E-state index contributed by atoms with van der Waals surface area (Å²) >= 11 is 0. The molecule has 1 rings (SSSR count). The second-order valence-electron chi connectivity index (χ2n) is 8.67. The van der Waals surface area contributed by atoms with Crippen molar-refractivity contribution in [2.45, 2.75) is 71.4 Å². The van der Waals surface area contributed by atoms with E-state index in [1.54, 1.807) is 0 Å². The molecule has 0 amide bonds. The summed E-state index contributed by atoms with van der Waals surface area (Å²) in [4.78, 5) is 0. The van der Waals surface area contributed by atoms with Crippen LogP contribution < -0.4 is 0 Å². The summed E-state index contributed by atoms with van der Waals surface area (Å²) < 4.78 is 0. The second-order valence-corrected chi connectivity index (χ2v) is 18.9. The smallest absolute Gasteiger partial charge is 0.0823 e. The fourth-order valence-corrected chi connectivity index (χ4v) is 6.27. The van der Waals surface area contributed by atoms with Crippen LogP contribution in [0.2, 0.25) is 39.3 Å². The zero-order valence-corrected chi connectivity index (χ0v) is 17.1. The van der Waals surface area contributed by atoms with Crippen LogP contribution in [0.3, 0.4) is 0 Å². The molecule has 0 saturated heterocycles. The lowest BCUT2D eigenvalue weighted by atomic mass is 9.90. The molecular weight excluding hydrogens is 284 g/mol. The minimum atomic E-state index is -1.25. The first kappa shape index (κ1) is 18.5. The molecule has 2 heteroatoms. The van der Waals surface area contributed by atoms with Crippen LogP contribution in [-0.4, -0.2) is 16.1 Å². The summed E-state index contributed by atoms with van der Waals surface area (Å²) in [6.07, 6.45) is 6.63. The van der Waals surface area contributed by atoms with Crippen molar-refractivity contribution in [3.63, 3.8) is 0 Å². The SMILES string of the molecule is C=C=C(C[C@@H]1CCC[C@H]1CC(=C=C)[Si](C)(C)C)[Si](C)(C)C. The molecule has 1 fully saturated rings. The summed E-state index contributed by atoms with van der Waals surface area (Å²) in [7, 11) is -2.50. The first-order chi connectivity index (χ1) is 9.59. The molecule has 0 unspecified atom stereocenters. The molecule has 1 saturated carbocycles. The second kappa shape index (κ2) is 7.16. The molecular formula is C19H34Si2. The summed E-state index contributed by atoms with van der Waals surface area (Å²) in [6, 6.07) is 0. The van der Waals surface area contributed by atoms with Crippen LogP contribution in [0.5, 0.6) is 0 Å². The van der Waals surface area contributed by atoms with Gasteiger partial charge in [-0.3, -0.25) is 0 Å². The topological polar surface area (TPSA) is 0 Å². The fraction of sp³-hybridized carbons (Fsp3) is 0.684. The maximum Gasteiger partial charge on any atom is 0.0823 e. The molecule has 118 valence electrons. The molecule has 1 aliphatic carbocycles. The van der Waals surface area contributed by atoms with Crippen molar-refractivity contribution in [3.05, 3.63) is 35.0 Å². The van der Waals surface area contributed by atoms with Crippen molar-refractivity contribution < 1.29 is 0 Å². The molecule has 0 aromatic rings. The van der Waals surface area contributed by atoms with E-state index in [2.05, 4.69) is 63.9 Å². The number of hydrogen-bond acceptors (Lipinski definition) is 0. The Hall–Kier alpha value is -0.526. The lowest BCUT2D eigenvalue weighted by Crippen LogP contribution is -2.28.